The van der Waals surface area contributed by atoms with Gasteiger partial charge in [0.2, 0.25) is 0 Å². The maximum Gasteiger partial charge on any atom is 0.335 e. The number of halogens is 1. The van der Waals surface area contributed by atoms with Crippen molar-refractivity contribution >= 4 is 17.5 Å². The molecule has 0 aliphatic carbocycles. The fourth-order valence-electron chi connectivity index (χ4n) is 1.90. The van der Waals surface area contributed by atoms with E-state index in [0.29, 0.717) is 23.6 Å². The highest BCUT2D eigenvalue weighted by Crippen LogP contribution is 2.25. The molecule has 1 N–H and O–H groups in total. The molecule has 0 spiro atoms. The van der Waals surface area contributed by atoms with Crippen molar-refractivity contribution in [1.29, 1.82) is 0 Å². The van der Waals surface area contributed by atoms with E-state index in [9.17, 15) is 9.18 Å². The van der Waals surface area contributed by atoms with Crippen LogP contribution in [0.15, 0.2) is 36.4 Å². The van der Waals surface area contributed by atoms with Crippen molar-refractivity contribution in [2.75, 3.05) is 11.9 Å². The molecule has 0 saturated heterocycles. The van der Waals surface area contributed by atoms with Crippen molar-refractivity contribution in [2.24, 2.45) is 0 Å². The highest BCUT2D eigenvalue weighted by atomic mass is 19.1. The molecule has 0 radical (unpaired) electrons. The lowest BCUT2D eigenvalue weighted by molar-refractivity contribution is 0.0696. The number of rotatable bonds is 4. The van der Waals surface area contributed by atoms with Gasteiger partial charge in [-0.15, -0.1) is 0 Å². The molecule has 0 amide bonds. The van der Waals surface area contributed by atoms with Crippen LogP contribution in [0.4, 0.5) is 15.9 Å². The van der Waals surface area contributed by atoms with Crippen LogP contribution in [-0.4, -0.2) is 23.1 Å². The first-order valence-corrected chi connectivity index (χ1v) is 6.25. The Labute approximate surface area is 116 Å². The van der Waals surface area contributed by atoms with E-state index in [4.69, 9.17) is 5.11 Å². The highest BCUT2D eigenvalue weighted by molar-refractivity contribution is 5.89. The molecule has 0 fully saturated rings. The minimum Gasteiger partial charge on any atom is -0.478 e. The second-order valence-electron chi connectivity index (χ2n) is 4.37. The van der Waals surface area contributed by atoms with E-state index in [2.05, 4.69) is 4.98 Å². The molecule has 104 valence electrons. The van der Waals surface area contributed by atoms with E-state index in [1.165, 1.54) is 18.2 Å². The second-order valence-corrected chi connectivity index (χ2v) is 4.37. The number of anilines is 2. The average Bonchev–Trinajstić information content (AvgIpc) is 2.46. The maximum atomic E-state index is 13.8. The average molecular weight is 274 g/mol. The molecule has 1 aromatic carbocycles. The van der Waals surface area contributed by atoms with Crippen LogP contribution in [0.5, 0.6) is 0 Å². The third kappa shape index (κ3) is 2.77. The highest BCUT2D eigenvalue weighted by Gasteiger charge is 2.14. The minimum atomic E-state index is -1.02. The van der Waals surface area contributed by atoms with E-state index < -0.39 is 5.97 Å². The molecular weight excluding hydrogens is 259 g/mol. The van der Waals surface area contributed by atoms with Gasteiger partial charge in [0.05, 0.1) is 11.3 Å². The van der Waals surface area contributed by atoms with Crippen LogP contribution in [0.2, 0.25) is 0 Å². The van der Waals surface area contributed by atoms with Gasteiger partial charge in [-0.05, 0) is 30.7 Å². The molecule has 0 unspecified atom stereocenters. The predicted octanol–water partition coefficient (Wildman–Crippen LogP) is 3.25. The van der Waals surface area contributed by atoms with Crippen molar-refractivity contribution in [1.82, 2.24) is 4.98 Å². The standard InChI is InChI=1S/C15H15FN2O2/c1-3-11-8-10(15(19)20)9-14(17-11)18(2)13-7-5-4-6-12(13)16/h4-9H,3H2,1-2H3,(H,19,20). The Morgan fingerprint density at radius 3 is 2.65 bits per heavy atom. The van der Waals surface area contributed by atoms with Gasteiger partial charge < -0.3 is 10.0 Å². The summed E-state index contributed by atoms with van der Waals surface area (Å²) in [5, 5.41) is 9.12. The summed E-state index contributed by atoms with van der Waals surface area (Å²) >= 11 is 0. The summed E-state index contributed by atoms with van der Waals surface area (Å²) in [6, 6.07) is 9.26. The molecule has 5 heteroatoms. The van der Waals surface area contributed by atoms with Crippen molar-refractivity contribution in [3.8, 4) is 0 Å². The van der Waals surface area contributed by atoms with E-state index in [1.807, 2.05) is 6.92 Å². The molecule has 0 saturated carbocycles. The zero-order chi connectivity index (χ0) is 14.7. The van der Waals surface area contributed by atoms with Gasteiger partial charge >= 0.3 is 5.97 Å². The van der Waals surface area contributed by atoms with Crippen LogP contribution in [0, 0.1) is 5.82 Å². The number of aromatic carboxylic acids is 1. The summed E-state index contributed by atoms with van der Waals surface area (Å²) in [7, 11) is 1.66. The summed E-state index contributed by atoms with van der Waals surface area (Å²) in [5.74, 6) is -0.993. The third-order valence-electron chi connectivity index (χ3n) is 3.03. The SMILES string of the molecule is CCc1cc(C(=O)O)cc(N(C)c2ccccc2F)n1. The zero-order valence-electron chi connectivity index (χ0n) is 11.3. The number of aryl methyl sites for hydroxylation is 1. The van der Waals surface area contributed by atoms with Crippen molar-refractivity contribution < 1.29 is 14.3 Å². The van der Waals surface area contributed by atoms with Crippen molar-refractivity contribution in [2.45, 2.75) is 13.3 Å². The topological polar surface area (TPSA) is 53.4 Å². The van der Waals surface area contributed by atoms with Crippen LogP contribution < -0.4 is 4.90 Å². The number of pyridine rings is 1. The Morgan fingerprint density at radius 1 is 1.35 bits per heavy atom. The lowest BCUT2D eigenvalue weighted by atomic mass is 10.2. The molecule has 0 atom stereocenters. The summed E-state index contributed by atoms with van der Waals surface area (Å²) < 4.78 is 13.8. The first kappa shape index (κ1) is 14.0. The molecule has 1 aromatic heterocycles. The summed E-state index contributed by atoms with van der Waals surface area (Å²) in [5.41, 5.74) is 1.16. The number of benzene rings is 1. The molecule has 0 aliphatic heterocycles. The van der Waals surface area contributed by atoms with Gasteiger partial charge in [-0.1, -0.05) is 19.1 Å². The first-order valence-electron chi connectivity index (χ1n) is 6.25. The van der Waals surface area contributed by atoms with Crippen LogP contribution in [0.3, 0.4) is 0 Å². The lowest BCUT2D eigenvalue weighted by Gasteiger charge is -2.20. The first-order chi connectivity index (χ1) is 9.52. The number of nitrogens with zero attached hydrogens (tertiary/aromatic N) is 2. The van der Waals surface area contributed by atoms with Crippen LogP contribution in [0.1, 0.15) is 23.0 Å². The molecule has 0 bridgehead atoms. The monoisotopic (exact) mass is 274 g/mol. The molecule has 0 aliphatic rings. The molecule has 1 heterocycles. The molecule has 2 rings (SSSR count). The number of carboxylic acids is 1. The van der Waals surface area contributed by atoms with Gasteiger partial charge in [-0.25, -0.2) is 14.2 Å². The fourth-order valence-corrected chi connectivity index (χ4v) is 1.90. The van der Waals surface area contributed by atoms with Gasteiger partial charge in [0.25, 0.3) is 0 Å². The fraction of sp³-hybridized carbons (Fsp3) is 0.200. The Bertz CT molecular complexity index is 644. The number of aromatic nitrogens is 1. The summed E-state index contributed by atoms with van der Waals surface area (Å²) in [4.78, 5) is 17.0. The Balaban J connectivity index is 2.49. The number of para-hydroxylation sites is 1. The molecule has 2 aromatic rings. The third-order valence-corrected chi connectivity index (χ3v) is 3.03. The second kappa shape index (κ2) is 5.69. The van der Waals surface area contributed by atoms with Gasteiger partial charge in [-0.3, -0.25) is 0 Å². The van der Waals surface area contributed by atoms with Gasteiger partial charge in [0.15, 0.2) is 0 Å². The normalized spacial score (nSPS) is 10.3. The number of carboxylic acid groups (broad SMARTS) is 1. The molecular formula is C15H15FN2O2. The van der Waals surface area contributed by atoms with Crippen LogP contribution >= 0.6 is 0 Å². The Hall–Kier alpha value is -2.43. The Kier molecular flexibility index (Phi) is 3.98. The van der Waals surface area contributed by atoms with Crippen LogP contribution in [0.25, 0.3) is 0 Å². The molecule has 4 nitrogen and oxygen atoms in total. The molecule has 20 heavy (non-hydrogen) atoms. The van der Waals surface area contributed by atoms with E-state index in [-0.39, 0.29) is 11.4 Å². The minimum absolute atomic E-state index is 0.148. The van der Waals surface area contributed by atoms with Gasteiger partial charge in [0, 0.05) is 12.7 Å². The van der Waals surface area contributed by atoms with Gasteiger partial charge in [0.1, 0.15) is 11.6 Å². The van der Waals surface area contributed by atoms with Crippen molar-refractivity contribution in [3.05, 3.63) is 53.5 Å². The summed E-state index contributed by atoms with van der Waals surface area (Å²) in [6.07, 6.45) is 0.610. The number of hydrogen-bond acceptors (Lipinski definition) is 3. The van der Waals surface area contributed by atoms with E-state index in [0.717, 1.165) is 0 Å². The lowest BCUT2D eigenvalue weighted by Crippen LogP contribution is -2.14. The maximum absolute atomic E-state index is 13.8. The summed E-state index contributed by atoms with van der Waals surface area (Å²) in [6.45, 7) is 1.89. The smallest absolute Gasteiger partial charge is 0.335 e. The Morgan fingerprint density at radius 2 is 2.05 bits per heavy atom. The zero-order valence-corrected chi connectivity index (χ0v) is 11.3. The van der Waals surface area contributed by atoms with Crippen molar-refractivity contribution in [3.63, 3.8) is 0 Å². The quantitative estimate of drug-likeness (QED) is 0.929. The van der Waals surface area contributed by atoms with Gasteiger partial charge in [-0.2, -0.15) is 0 Å². The van der Waals surface area contributed by atoms with E-state index >= 15 is 0 Å². The number of carbonyl (C=O) groups is 1. The largest absolute Gasteiger partial charge is 0.478 e. The van der Waals surface area contributed by atoms with Crippen LogP contribution in [-0.2, 0) is 6.42 Å². The van der Waals surface area contributed by atoms with E-state index in [1.54, 1.807) is 30.1 Å². The number of hydrogen-bond donors (Lipinski definition) is 1. The predicted molar refractivity (Wildman–Crippen MR) is 75.0 cm³/mol.